The molecule has 2 heterocycles. The minimum absolute atomic E-state index is 0.0377. The number of carbonyl (C=O) groups is 2. The molecule has 0 saturated heterocycles. The number of fused-ring (bicyclic) bond motifs is 1. The molecule has 0 bridgehead atoms. The van der Waals surface area contributed by atoms with Gasteiger partial charge in [-0.2, -0.15) is 5.10 Å². The van der Waals surface area contributed by atoms with Crippen LogP contribution in [0.4, 0.5) is 14.9 Å². The van der Waals surface area contributed by atoms with E-state index >= 15 is 0 Å². The zero-order chi connectivity index (χ0) is 20.8. The summed E-state index contributed by atoms with van der Waals surface area (Å²) in [4.78, 5) is 31.1. The van der Waals surface area contributed by atoms with E-state index in [-0.39, 0.29) is 18.8 Å². The summed E-state index contributed by atoms with van der Waals surface area (Å²) < 4.78 is 19.9. The van der Waals surface area contributed by atoms with E-state index in [1.807, 2.05) is 0 Å². The summed E-state index contributed by atoms with van der Waals surface area (Å²) in [5, 5.41) is 6.97. The second-order valence-electron chi connectivity index (χ2n) is 6.30. The summed E-state index contributed by atoms with van der Waals surface area (Å²) in [6, 6.07) is 12.1. The largest absolute Gasteiger partial charge is 0.448 e. The van der Waals surface area contributed by atoms with Crippen molar-refractivity contribution in [3.63, 3.8) is 0 Å². The van der Waals surface area contributed by atoms with E-state index in [0.717, 1.165) is 6.08 Å². The highest BCUT2D eigenvalue weighted by Crippen LogP contribution is 2.23. The summed E-state index contributed by atoms with van der Waals surface area (Å²) >= 11 is 0. The number of pyridine rings is 1. The number of para-hydroxylation sites is 1. The van der Waals surface area contributed by atoms with Crippen LogP contribution in [0.15, 0.2) is 54.7 Å². The normalized spacial score (nSPS) is 11.3. The van der Waals surface area contributed by atoms with E-state index in [9.17, 15) is 14.0 Å². The molecule has 1 aromatic carbocycles. The van der Waals surface area contributed by atoms with Crippen molar-refractivity contribution in [2.75, 3.05) is 32.1 Å². The van der Waals surface area contributed by atoms with Gasteiger partial charge in [0, 0.05) is 37.4 Å². The van der Waals surface area contributed by atoms with Crippen molar-refractivity contribution in [1.82, 2.24) is 20.1 Å². The second kappa shape index (κ2) is 8.96. The molecule has 0 unspecified atom stereocenters. The fourth-order valence-electron chi connectivity index (χ4n) is 2.62. The van der Waals surface area contributed by atoms with E-state index < -0.39 is 17.8 Å². The number of hydrogen-bond donors (Lipinski definition) is 1. The van der Waals surface area contributed by atoms with Crippen LogP contribution in [0.3, 0.4) is 0 Å². The Kier molecular flexibility index (Phi) is 6.18. The Morgan fingerprint density at radius 3 is 2.66 bits per heavy atom. The van der Waals surface area contributed by atoms with Crippen molar-refractivity contribution in [3.8, 4) is 0 Å². The molecule has 0 radical (unpaired) electrons. The maximum Gasteiger partial charge on any atom is 0.409 e. The highest BCUT2D eigenvalue weighted by Gasteiger charge is 2.18. The standard InChI is InChI=1S/C20H20FN5O3/c1-25(2)20(28)29-12-11-26(14-7-4-3-5-8-14)17(27)13-16(21)18-15-9-6-10-22-19(15)24-23-18/h3-10,13H,11-12H2,1-2H3,(H,22,23,24). The molecule has 0 spiro atoms. The number of benzene rings is 1. The van der Waals surface area contributed by atoms with Gasteiger partial charge in [-0.15, -0.1) is 0 Å². The fourth-order valence-corrected chi connectivity index (χ4v) is 2.62. The molecule has 2 aromatic heterocycles. The topological polar surface area (TPSA) is 91.4 Å². The van der Waals surface area contributed by atoms with E-state index in [1.165, 1.54) is 9.80 Å². The van der Waals surface area contributed by atoms with Crippen LogP contribution in [0.2, 0.25) is 0 Å². The number of ether oxygens (including phenoxy) is 1. The molecule has 0 fully saturated rings. The second-order valence-corrected chi connectivity index (χ2v) is 6.30. The lowest BCUT2D eigenvalue weighted by Crippen LogP contribution is -2.34. The Morgan fingerprint density at radius 2 is 1.93 bits per heavy atom. The predicted molar refractivity (Wildman–Crippen MR) is 107 cm³/mol. The number of rotatable bonds is 6. The van der Waals surface area contributed by atoms with Crippen LogP contribution in [0.25, 0.3) is 16.9 Å². The van der Waals surface area contributed by atoms with Crippen LogP contribution in [0, 0.1) is 0 Å². The first-order chi connectivity index (χ1) is 14.0. The number of amides is 2. The van der Waals surface area contributed by atoms with Gasteiger partial charge in [-0.25, -0.2) is 14.2 Å². The molecule has 0 atom stereocenters. The van der Waals surface area contributed by atoms with Crippen LogP contribution >= 0.6 is 0 Å². The quantitative estimate of drug-likeness (QED) is 0.646. The Hall–Kier alpha value is -3.75. The molecule has 150 valence electrons. The minimum Gasteiger partial charge on any atom is -0.448 e. The molecule has 3 aromatic rings. The Balaban J connectivity index is 1.82. The van der Waals surface area contributed by atoms with Crippen LogP contribution in [0.1, 0.15) is 5.69 Å². The third-order valence-electron chi connectivity index (χ3n) is 4.06. The van der Waals surface area contributed by atoms with E-state index in [2.05, 4.69) is 15.2 Å². The first-order valence-electron chi connectivity index (χ1n) is 8.84. The van der Waals surface area contributed by atoms with Gasteiger partial charge in [0.1, 0.15) is 12.3 Å². The number of nitrogens with one attached hydrogen (secondary N) is 1. The summed E-state index contributed by atoms with van der Waals surface area (Å²) in [6.45, 7) is 0.0293. The highest BCUT2D eigenvalue weighted by atomic mass is 19.1. The van der Waals surface area contributed by atoms with Crippen molar-refractivity contribution >= 4 is 34.5 Å². The molecule has 9 heteroatoms. The molecule has 29 heavy (non-hydrogen) atoms. The molecular formula is C20H20FN5O3. The fraction of sp³-hybridized carbons (Fsp3) is 0.200. The zero-order valence-electron chi connectivity index (χ0n) is 16.0. The van der Waals surface area contributed by atoms with E-state index in [4.69, 9.17) is 4.74 Å². The summed E-state index contributed by atoms with van der Waals surface area (Å²) in [6.07, 6.45) is 1.90. The number of carbonyl (C=O) groups excluding carboxylic acids is 2. The van der Waals surface area contributed by atoms with Gasteiger partial charge in [0.05, 0.1) is 6.54 Å². The average molecular weight is 397 g/mol. The van der Waals surface area contributed by atoms with E-state index in [0.29, 0.717) is 16.7 Å². The molecule has 1 N–H and O–H groups in total. The third kappa shape index (κ3) is 4.75. The van der Waals surface area contributed by atoms with Gasteiger partial charge in [-0.1, -0.05) is 18.2 Å². The highest BCUT2D eigenvalue weighted by molar-refractivity contribution is 6.06. The third-order valence-corrected chi connectivity index (χ3v) is 4.06. The van der Waals surface area contributed by atoms with Gasteiger partial charge < -0.3 is 14.5 Å². The van der Waals surface area contributed by atoms with Gasteiger partial charge in [0.2, 0.25) is 0 Å². The predicted octanol–water partition coefficient (Wildman–Crippen LogP) is 3.00. The molecule has 0 aliphatic carbocycles. The average Bonchev–Trinajstić information content (AvgIpc) is 3.15. The maximum atomic E-state index is 14.8. The number of halogens is 1. The maximum absolute atomic E-state index is 14.8. The first kappa shape index (κ1) is 20.0. The molecule has 3 rings (SSSR count). The number of hydrogen-bond acceptors (Lipinski definition) is 5. The van der Waals surface area contributed by atoms with Crippen molar-refractivity contribution in [1.29, 1.82) is 0 Å². The lowest BCUT2D eigenvalue weighted by Gasteiger charge is -2.22. The van der Waals surface area contributed by atoms with Crippen LogP contribution in [0.5, 0.6) is 0 Å². The van der Waals surface area contributed by atoms with Crippen molar-refractivity contribution in [2.24, 2.45) is 0 Å². The lowest BCUT2D eigenvalue weighted by molar-refractivity contribution is -0.114. The smallest absolute Gasteiger partial charge is 0.409 e. The number of aromatic amines is 1. The zero-order valence-corrected chi connectivity index (χ0v) is 16.0. The summed E-state index contributed by atoms with van der Waals surface area (Å²) in [5.41, 5.74) is 0.987. The summed E-state index contributed by atoms with van der Waals surface area (Å²) in [7, 11) is 3.12. The Bertz CT molecular complexity index is 1030. The number of H-pyrrole nitrogens is 1. The van der Waals surface area contributed by atoms with Crippen LogP contribution in [-0.4, -0.2) is 59.3 Å². The number of aromatic nitrogens is 3. The molecule has 8 nitrogen and oxygen atoms in total. The minimum atomic E-state index is -0.767. The van der Waals surface area contributed by atoms with Gasteiger partial charge in [0.15, 0.2) is 11.5 Å². The SMILES string of the molecule is CN(C)C(=O)OCCN(C(=O)C=C(F)c1[nH]nc2ncccc12)c1ccccc1. The first-order valence-corrected chi connectivity index (χ1v) is 8.84. The Morgan fingerprint density at radius 1 is 1.17 bits per heavy atom. The molecule has 0 aliphatic rings. The molecular weight excluding hydrogens is 377 g/mol. The number of nitrogens with zero attached hydrogens (tertiary/aromatic N) is 4. The summed E-state index contributed by atoms with van der Waals surface area (Å²) in [5.74, 6) is -1.36. The van der Waals surface area contributed by atoms with Gasteiger partial charge in [0.25, 0.3) is 5.91 Å². The van der Waals surface area contributed by atoms with Gasteiger partial charge >= 0.3 is 6.09 Å². The lowest BCUT2D eigenvalue weighted by atomic mass is 10.2. The number of anilines is 1. The Labute approximate surface area is 166 Å². The molecule has 0 saturated carbocycles. The van der Waals surface area contributed by atoms with Crippen molar-refractivity contribution in [2.45, 2.75) is 0 Å². The van der Waals surface area contributed by atoms with Crippen molar-refractivity contribution in [3.05, 3.63) is 60.4 Å². The van der Waals surface area contributed by atoms with Crippen LogP contribution < -0.4 is 4.90 Å². The monoisotopic (exact) mass is 397 g/mol. The van der Waals surface area contributed by atoms with Gasteiger partial charge in [-0.05, 0) is 24.3 Å². The molecule has 2 amide bonds. The van der Waals surface area contributed by atoms with Crippen LogP contribution in [-0.2, 0) is 9.53 Å². The van der Waals surface area contributed by atoms with Gasteiger partial charge in [-0.3, -0.25) is 9.89 Å². The molecule has 0 aliphatic heterocycles. The van der Waals surface area contributed by atoms with E-state index in [1.54, 1.807) is 62.8 Å². The van der Waals surface area contributed by atoms with Crippen molar-refractivity contribution < 1.29 is 18.7 Å².